The fourth-order valence-electron chi connectivity index (χ4n) is 3.42. The first-order chi connectivity index (χ1) is 8.83. The number of hydrogen-bond donors (Lipinski definition) is 1. The molecule has 1 heterocycles. The smallest absolute Gasteiger partial charge is 0.0580 e. The van der Waals surface area contributed by atoms with Crippen LogP contribution in [0.5, 0.6) is 0 Å². The van der Waals surface area contributed by atoms with Gasteiger partial charge in [0.05, 0.1) is 6.10 Å². The van der Waals surface area contributed by atoms with Crippen molar-refractivity contribution < 1.29 is 9.47 Å². The molecule has 106 valence electrons. The van der Waals surface area contributed by atoms with E-state index in [1.165, 1.54) is 32.1 Å². The van der Waals surface area contributed by atoms with Crippen molar-refractivity contribution in [2.75, 3.05) is 26.4 Å². The molecule has 0 radical (unpaired) electrons. The zero-order valence-corrected chi connectivity index (χ0v) is 12.0. The Hall–Kier alpha value is -0.120. The summed E-state index contributed by atoms with van der Waals surface area (Å²) in [6.45, 7) is 8.18. The average molecular weight is 255 g/mol. The van der Waals surface area contributed by atoms with E-state index in [-0.39, 0.29) is 0 Å². The van der Waals surface area contributed by atoms with Crippen LogP contribution in [-0.2, 0) is 9.47 Å². The van der Waals surface area contributed by atoms with Gasteiger partial charge in [-0.2, -0.15) is 0 Å². The Morgan fingerprint density at radius 1 is 1.22 bits per heavy atom. The number of nitrogens with one attached hydrogen (secondary N) is 1. The van der Waals surface area contributed by atoms with E-state index in [1.807, 2.05) is 0 Å². The predicted octanol–water partition coefficient (Wildman–Crippen LogP) is 2.60. The van der Waals surface area contributed by atoms with Gasteiger partial charge in [0.1, 0.15) is 0 Å². The highest BCUT2D eigenvalue weighted by Crippen LogP contribution is 2.36. The molecular weight excluding hydrogens is 226 g/mol. The molecule has 1 unspecified atom stereocenters. The maximum absolute atomic E-state index is 5.65. The van der Waals surface area contributed by atoms with Crippen LogP contribution in [-0.4, -0.2) is 38.5 Å². The fourth-order valence-corrected chi connectivity index (χ4v) is 3.42. The Morgan fingerprint density at radius 2 is 1.94 bits per heavy atom. The van der Waals surface area contributed by atoms with Gasteiger partial charge in [-0.1, -0.05) is 6.92 Å². The van der Waals surface area contributed by atoms with Crippen LogP contribution in [0.2, 0.25) is 0 Å². The van der Waals surface area contributed by atoms with E-state index in [0.29, 0.717) is 12.1 Å². The van der Waals surface area contributed by atoms with Crippen LogP contribution in [0, 0.1) is 11.8 Å². The highest BCUT2D eigenvalue weighted by Gasteiger charge is 2.33. The quantitative estimate of drug-likeness (QED) is 0.758. The summed E-state index contributed by atoms with van der Waals surface area (Å²) in [6.07, 6.45) is 6.91. The summed E-state index contributed by atoms with van der Waals surface area (Å²) in [7, 11) is 0. The summed E-state index contributed by atoms with van der Waals surface area (Å²) in [5.74, 6) is 1.71. The van der Waals surface area contributed by atoms with Crippen molar-refractivity contribution in [1.82, 2.24) is 5.32 Å². The molecule has 1 aliphatic carbocycles. The molecular formula is C15H29NO2. The van der Waals surface area contributed by atoms with E-state index in [4.69, 9.17) is 9.47 Å². The Labute approximate surface area is 112 Å². The van der Waals surface area contributed by atoms with Crippen LogP contribution in [0.1, 0.15) is 46.0 Å². The molecule has 1 N–H and O–H groups in total. The summed E-state index contributed by atoms with van der Waals surface area (Å²) < 4.78 is 11.1. The lowest BCUT2D eigenvalue weighted by Crippen LogP contribution is -2.43. The largest absolute Gasteiger partial charge is 0.381 e. The van der Waals surface area contributed by atoms with Crippen molar-refractivity contribution in [2.45, 2.75) is 58.1 Å². The van der Waals surface area contributed by atoms with E-state index >= 15 is 0 Å². The van der Waals surface area contributed by atoms with Crippen LogP contribution in [0.3, 0.4) is 0 Å². The summed E-state index contributed by atoms with van der Waals surface area (Å²) in [5.41, 5.74) is 0. The molecule has 0 bridgehead atoms. The third-order valence-electron chi connectivity index (χ3n) is 4.48. The lowest BCUT2D eigenvalue weighted by atomic mass is 9.75. The topological polar surface area (TPSA) is 30.5 Å². The zero-order chi connectivity index (χ0) is 12.8. The molecule has 2 fully saturated rings. The zero-order valence-electron chi connectivity index (χ0n) is 12.0. The molecule has 0 aromatic rings. The van der Waals surface area contributed by atoms with E-state index in [0.717, 1.165) is 38.2 Å². The first-order valence-electron chi connectivity index (χ1n) is 7.76. The maximum atomic E-state index is 5.65. The summed E-state index contributed by atoms with van der Waals surface area (Å²) in [6, 6.07) is 0.700. The van der Waals surface area contributed by atoms with Crippen LogP contribution in [0.15, 0.2) is 0 Å². The van der Waals surface area contributed by atoms with Gasteiger partial charge in [-0.15, -0.1) is 0 Å². The molecule has 0 aromatic heterocycles. The fraction of sp³-hybridized carbons (Fsp3) is 1.00. The number of ether oxygens (including phenoxy) is 2. The van der Waals surface area contributed by atoms with Crippen LogP contribution < -0.4 is 5.32 Å². The average Bonchev–Trinajstić information content (AvgIpc) is 2.36. The van der Waals surface area contributed by atoms with Gasteiger partial charge >= 0.3 is 0 Å². The Kier molecular flexibility index (Phi) is 5.93. The lowest BCUT2D eigenvalue weighted by molar-refractivity contribution is -0.0335. The second-order valence-corrected chi connectivity index (χ2v) is 5.76. The first kappa shape index (κ1) is 14.3. The van der Waals surface area contributed by atoms with E-state index in [1.54, 1.807) is 0 Å². The first-order valence-corrected chi connectivity index (χ1v) is 7.76. The molecule has 1 saturated heterocycles. The van der Waals surface area contributed by atoms with Gasteiger partial charge in [-0.25, -0.2) is 0 Å². The SMILES string of the molecule is CCNC(CC1CC(OCC)C1)C1CCOCC1. The minimum Gasteiger partial charge on any atom is -0.381 e. The summed E-state index contributed by atoms with van der Waals surface area (Å²) in [4.78, 5) is 0. The second-order valence-electron chi connectivity index (χ2n) is 5.76. The van der Waals surface area contributed by atoms with Crippen molar-refractivity contribution >= 4 is 0 Å². The molecule has 1 atom stereocenters. The maximum Gasteiger partial charge on any atom is 0.0580 e. The van der Waals surface area contributed by atoms with Crippen molar-refractivity contribution in [3.05, 3.63) is 0 Å². The monoisotopic (exact) mass is 255 g/mol. The van der Waals surface area contributed by atoms with E-state index < -0.39 is 0 Å². The van der Waals surface area contributed by atoms with Crippen molar-refractivity contribution in [1.29, 1.82) is 0 Å². The molecule has 0 amide bonds. The molecule has 1 saturated carbocycles. The van der Waals surface area contributed by atoms with Gasteiger partial charge in [0.25, 0.3) is 0 Å². The molecule has 2 aliphatic rings. The number of hydrogen-bond acceptors (Lipinski definition) is 3. The predicted molar refractivity (Wildman–Crippen MR) is 73.8 cm³/mol. The Balaban J connectivity index is 1.72. The Bertz CT molecular complexity index is 223. The van der Waals surface area contributed by atoms with Crippen LogP contribution in [0.4, 0.5) is 0 Å². The van der Waals surface area contributed by atoms with Gasteiger partial charge in [0.2, 0.25) is 0 Å². The lowest BCUT2D eigenvalue weighted by Gasteiger charge is -2.40. The van der Waals surface area contributed by atoms with E-state index in [9.17, 15) is 0 Å². The van der Waals surface area contributed by atoms with Crippen molar-refractivity contribution in [3.63, 3.8) is 0 Å². The molecule has 1 aliphatic heterocycles. The minimum absolute atomic E-state index is 0.553. The van der Waals surface area contributed by atoms with Gasteiger partial charge < -0.3 is 14.8 Å². The minimum atomic E-state index is 0.553. The normalized spacial score (nSPS) is 31.0. The van der Waals surface area contributed by atoms with Crippen LogP contribution >= 0.6 is 0 Å². The van der Waals surface area contributed by atoms with Crippen molar-refractivity contribution in [3.8, 4) is 0 Å². The molecule has 18 heavy (non-hydrogen) atoms. The third kappa shape index (κ3) is 3.94. The number of rotatable bonds is 7. The summed E-state index contributed by atoms with van der Waals surface area (Å²) >= 11 is 0. The van der Waals surface area contributed by atoms with Crippen LogP contribution in [0.25, 0.3) is 0 Å². The van der Waals surface area contributed by atoms with E-state index in [2.05, 4.69) is 19.2 Å². The highest BCUT2D eigenvalue weighted by atomic mass is 16.5. The van der Waals surface area contributed by atoms with Crippen molar-refractivity contribution in [2.24, 2.45) is 11.8 Å². The van der Waals surface area contributed by atoms with Gasteiger partial charge in [0.15, 0.2) is 0 Å². The van der Waals surface area contributed by atoms with Gasteiger partial charge in [-0.05, 0) is 57.4 Å². The second kappa shape index (κ2) is 7.46. The standard InChI is InChI=1S/C15H29NO2/c1-3-16-15(13-5-7-17-8-6-13)11-12-9-14(10-12)18-4-2/h12-16H,3-11H2,1-2H3. The van der Waals surface area contributed by atoms with Gasteiger partial charge in [0, 0.05) is 25.9 Å². The summed E-state index contributed by atoms with van der Waals surface area (Å²) in [5, 5.41) is 3.70. The third-order valence-corrected chi connectivity index (χ3v) is 4.48. The highest BCUT2D eigenvalue weighted by molar-refractivity contribution is 4.87. The van der Waals surface area contributed by atoms with Gasteiger partial charge in [-0.3, -0.25) is 0 Å². The molecule has 0 spiro atoms. The molecule has 2 rings (SSSR count). The molecule has 3 heteroatoms. The molecule has 0 aromatic carbocycles. The Morgan fingerprint density at radius 3 is 2.56 bits per heavy atom. The molecule has 3 nitrogen and oxygen atoms in total.